The van der Waals surface area contributed by atoms with Crippen molar-refractivity contribution in [3.8, 4) is 0 Å². The summed E-state index contributed by atoms with van der Waals surface area (Å²) in [6.45, 7) is 3.00. The summed E-state index contributed by atoms with van der Waals surface area (Å²) >= 11 is 0. The van der Waals surface area contributed by atoms with E-state index in [9.17, 15) is 18.0 Å². The molecule has 0 aromatic heterocycles. The molecule has 1 aromatic carbocycles. The number of sulfonamides is 1. The summed E-state index contributed by atoms with van der Waals surface area (Å²) < 4.78 is 30.8. The molecular weight excluding hydrogens is 370 g/mol. The van der Waals surface area contributed by atoms with Gasteiger partial charge in [-0.3, -0.25) is 9.59 Å². The average Bonchev–Trinajstić information content (AvgIpc) is 2.51. The summed E-state index contributed by atoms with van der Waals surface area (Å²) in [4.78, 5) is 23.2. The van der Waals surface area contributed by atoms with Crippen LogP contribution < -0.4 is 15.4 Å². The molecule has 1 heterocycles. The highest BCUT2D eigenvalue weighted by atomic mass is 35.5. The minimum atomic E-state index is -3.87. The Balaban J connectivity index is 0.00000312. The Hall–Kier alpha value is -1.68. The molecular formula is C15H22ClN3O5S. The van der Waals surface area contributed by atoms with Crippen molar-refractivity contribution in [3.63, 3.8) is 0 Å². The largest absolute Gasteiger partial charge is 0.468 e. The first-order valence-corrected chi connectivity index (χ1v) is 9.00. The highest BCUT2D eigenvalue weighted by Crippen LogP contribution is 2.20. The van der Waals surface area contributed by atoms with Crippen molar-refractivity contribution in [1.29, 1.82) is 0 Å². The summed E-state index contributed by atoms with van der Waals surface area (Å²) in [7, 11) is -2.69. The van der Waals surface area contributed by atoms with Gasteiger partial charge in [0.25, 0.3) is 0 Å². The molecule has 8 nitrogen and oxygen atoms in total. The van der Waals surface area contributed by atoms with Gasteiger partial charge in [-0.25, -0.2) is 8.42 Å². The summed E-state index contributed by atoms with van der Waals surface area (Å²) in [5.41, 5.74) is 0.389. The van der Waals surface area contributed by atoms with E-state index in [2.05, 4.69) is 20.1 Å². The van der Waals surface area contributed by atoms with Crippen molar-refractivity contribution < 1.29 is 22.7 Å². The van der Waals surface area contributed by atoms with Gasteiger partial charge in [0, 0.05) is 11.6 Å². The predicted molar refractivity (Wildman–Crippen MR) is 95.0 cm³/mol. The third-order valence-corrected chi connectivity index (χ3v) is 5.38. The number of benzene rings is 1. The minimum absolute atomic E-state index is 0. The second-order valence-electron chi connectivity index (χ2n) is 5.62. The fourth-order valence-corrected chi connectivity index (χ4v) is 3.20. The van der Waals surface area contributed by atoms with E-state index in [0.717, 1.165) is 13.1 Å². The van der Waals surface area contributed by atoms with Crippen LogP contribution in [0.5, 0.6) is 0 Å². The van der Waals surface area contributed by atoms with Gasteiger partial charge < -0.3 is 15.4 Å². The van der Waals surface area contributed by atoms with E-state index in [-0.39, 0.29) is 29.1 Å². The van der Waals surface area contributed by atoms with Crippen LogP contribution in [0.1, 0.15) is 6.92 Å². The molecule has 25 heavy (non-hydrogen) atoms. The van der Waals surface area contributed by atoms with Crippen molar-refractivity contribution in [2.24, 2.45) is 11.8 Å². The van der Waals surface area contributed by atoms with Crippen LogP contribution in [0.25, 0.3) is 0 Å². The molecule has 1 amide bonds. The Bertz CT molecular complexity index is 722. The number of ether oxygens (including phenoxy) is 1. The van der Waals surface area contributed by atoms with E-state index < -0.39 is 22.5 Å². The van der Waals surface area contributed by atoms with Crippen molar-refractivity contribution >= 4 is 40.0 Å². The Labute approximate surface area is 153 Å². The number of nitrogens with one attached hydrogen (secondary N) is 3. The number of rotatable bonds is 7. The molecule has 1 saturated heterocycles. The molecule has 2 rings (SSSR count). The number of carbonyl (C=O) groups excluding carboxylic acids is 2. The zero-order chi connectivity index (χ0) is 17.7. The van der Waals surface area contributed by atoms with Crippen molar-refractivity contribution in [3.05, 3.63) is 24.3 Å². The minimum Gasteiger partial charge on any atom is -0.468 e. The molecule has 3 N–H and O–H groups in total. The van der Waals surface area contributed by atoms with E-state index in [1.165, 1.54) is 25.3 Å². The highest BCUT2D eigenvalue weighted by molar-refractivity contribution is 7.89. The lowest BCUT2D eigenvalue weighted by Gasteiger charge is -2.31. The van der Waals surface area contributed by atoms with Gasteiger partial charge in [0.2, 0.25) is 15.9 Å². The van der Waals surface area contributed by atoms with Crippen LogP contribution in [0.3, 0.4) is 0 Å². The molecule has 1 fully saturated rings. The van der Waals surface area contributed by atoms with Crippen LogP contribution >= 0.6 is 12.4 Å². The van der Waals surface area contributed by atoms with Gasteiger partial charge in [-0.05, 0) is 37.2 Å². The highest BCUT2D eigenvalue weighted by Gasteiger charge is 2.28. The second-order valence-corrected chi connectivity index (χ2v) is 7.39. The van der Waals surface area contributed by atoms with Crippen LogP contribution in [0, 0.1) is 11.8 Å². The Morgan fingerprint density at radius 1 is 1.36 bits per heavy atom. The maximum absolute atomic E-state index is 12.2. The van der Waals surface area contributed by atoms with E-state index in [0.29, 0.717) is 11.6 Å². The summed E-state index contributed by atoms with van der Waals surface area (Å²) in [5, 5.41) is 5.84. The number of hydrogen-bond acceptors (Lipinski definition) is 6. The summed E-state index contributed by atoms with van der Waals surface area (Å²) in [6, 6.07) is 5.87. The molecule has 1 atom stereocenters. The van der Waals surface area contributed by atoms with Crippen LogP contribution in [-0.2, 0) is 24.3 Å². The van der Waals surface area contributed by atoms with Gasteiger partial charge in [-0.15, -0.1) is 12.4 Å². The van der Waals surface area contributed by atoms with E-state index >= 15 is 0 Å². The third-order valence-electron chi connectivity index (χ3n) is 3.98. The SMILES string of the molecule is COC(=O)CNS(=O)(=O)c1cccc(NC(=O)C(C)C2CNC2)c1.Cl. The molecule has 10 heteroatoms. The normalized spacial score (nSPS) is 15.4. The predicted octanol–water partition coefficient (Wildman–Crippen LogP) is 0.354. The molecule has 1 unspecified atom stereocenters. The lowest BCUT2D eigenvalue weighted by molar-refractivity contribution is -0.139. The standard InChI is InChI=1S/C15H21N3O5S.ClH/c1-10(11-7-16-8-11)15(20)18-12-4-3-5-13(6-12)24(21,22)17-9-14(19)23-2;/h3-6,10-11,16-17H,7-9H2,1-2H3,(H,18,20);1H. The van der Waals surface area contributed by atoms with Crippen LogP contribution in [0.15, 0.2) is 29.2 Å². The molecule has 0 radical (unpaired) electrons. The number of hydrogen-bond donors (Lipinski definition) is 3. The Morgan fingerprint density at radius 3 is 2.60 bits per heavy atom. The molecule has 0 spiro atoms. The molecule has 0 bridgehead atoms. The summed E-state index contributed by atoms with van der Waals surface area (Å²) in [6.07, 6.45) is 0. The number of esters is 1. The van der Waals surface area contributed by atoms with Gasteiger partial charge in [0.05, 0.1) is 12.0 Å². The van der Waals surface area contributed by atoms with Crippen molar-refractivity contribution in [2.45, 2.75) is 11.8 Å². The lowest BCUT2D eigenvalue weighted by Crippen LogP contribution is -2.48. The molecule has 1 aromatic rings. The van der Waals surface area contributed by atoms with Crippen LogP contribution in [0.2, 0.25) is 0 Å². The topological polar surface area (TPSA) is 114 Å². The van der Waals surface area contributed by atoms with Gasteiger partial charge in [-0.1, -0.05) is 13.0 Å². The molecule has 1 aliphatic rings. The maximum Gasteiger partial charge on any atom is 0.320 e. The zero-order valence-corrected chi connectivity index (χ0v) is 15.6. The smallest absolute Gasteiger partial charge is 0.320 e. The van der Waals surface area contributed by atoms with Gasteiger partial charge in [0.1, 0.15) is 6.54 Å². The molecule has 140 valence electrons. The third kappa shape index (κ3) is 5.67. The number of halogens is 1. The monoisotopic (exact) mass is 391 g/mol. The van der Waals surface area contributed by atoms with Crippen molar-refractivity contribution in [2.75, 3.05) is 32.1 Å². The quantitative estimate of drug-likeness (QED) is 0.578. The number of carbonyl (C=O) groups is 2. The van der Waals surface area contributed by atoms with Gasteiger partial charge in [-0.2, -0.15) is 4.72 Å². The Morgan fingerprint density at radius 2 is 2.04 bits per heavy atom. The first-order chi connectivity index (χ1) is 11.3. The maximum atomic E-state index is 12.2. The first-order valence-electron chi connectivity index (χ1n) is 7.51. The molecule has 0 aliphatic carbocycles. The van der Waals surface area contributed by atoms with Crippen molar-refractivity contribution in [1.82, 2.24) is 10.0 Å². The second kappa shape index (κ2) is 9.14. The van der Waals surface area contributed by atoms with Crippen LogP contribution in [0.4, 0.5) is 5.69 Å². The zero-order valence-electron chi connectivity index (χ0n) is 13.9. The molecule has 0 saturated carbocycles. The number of anilines is 1. The summed E-state index contributed by atoms with van der Waals surface area (Å²) in [5.74, 6) is -0.716. The number of amides is 1. The van der Waals surface area contributed by atoms with E-state index in [1.807, 2.05) is 6.92 Å². The van der Waals surface area contributed by atoms with Gasteiger partial charge >= 0.3 is 5.97 Å². The Kier molecular flexibility index (Phi) is 7.81. The average molecular weight is 392 g/mol. The van der Waals surface area contributed by atoms with E-state index in [4.69, 9.17) is 0 Å². The van der Waals surface area contributed by atoms with E-state index in [1.54, 1.807) is 6.07 Å². The fourth-order valence-electron chi connectivity index (χ4n) is 2.19. The number of methoxy groups -OCH3 is 1. The van der Waals surface area contributed by atoms with Gasteiger partial charge in [0.15, 0.2) is 0 Å². The fraction of sp³-hybridized carbons (Fsp3) is 0.467. The molecule has 1 aliphatic heterocycles. The first kappa shape index (κ1) is 21.4. The van der Waals surface area contributed by atoms with Crippen LogP contribution in [-0.4, -0.2) is 47.0 Å². The lowest BCUT2D eigenvalue weighted by atomic mass is 9.88.